The van der Waals surface area contributed by atoms with E-state index in [1.807, 2.05) is 41.5 Å². The number of hydrogen-bond acceptors (Lipinski definition) is 1. The predicted molar refractivity (Wildman–Crippen MR) is 56.3 cm³/mol. The summed E-state index contributed by atoms with van der Waals surface area (Å²) < 4.78 is 0. The summed E-state index contributed by atoms with van der Waals surface area (Å²) in [5.74, 6) is 0.162. The van der Waals surface area contributed by atoms with Crippen LogP contribution in [0.3, 0.4) is 0 Å². The molecule has 0 unspecified atom stereocenters. The summed E-state index contributed by atoms with van der Waals surface area (Å²) in [5.41, 5.74) is 0. The third-order valence-electron chi connectivity index (χ3n) is 0.851. The molecular formula is C10H25NO. The van der Waals surface area contributed by atoms with Crippen molar-refractivity contribution in [3.63, 3.8) is 0 Å². The molecule has 0 aromatic carbocycles. The monoisotopic (exact) mass is 175 g/mol. The van der Waals surface area contributed by atoms with Gasteiger partial charge in [-0.1, -0.05) is 34.6 Å². The minimum absolute atomic E-state index is 0.162. The normalized spacial score (nSPS) is 6.83. The summed E-state index contributed by atoms with van der Waals surface area (Å²) in [6.45, 7) is 12.7. The number of amides is 1. The first-order valence-corrected chi connectivity index (χ1v) is 5.08. The van der Waals surface area contributed by atoms with E-state index < -0.39 is 0 Å². The fourth-order valence-corrected chi connectivity index (χ4v) is 0.513. The van der Waals surface area contributed by atoms with Crippen molar-refractivity contribution in [2.45, 2.75) is 54.4 Å². The van der Waals surface area contributed by atoms with Gasteiger partial charge in [0.05, 0.1) is 0 Å². The lowest BCUT2D eigenvalue weighted by Gasteiger charge is -1.96. The van der Waals surface area contributed by atoms with Crippen LogP contribution < -0.4 is 5.32 Å². The van der Waals surface area contributed by atoms with Gasteiger partial charge in [-0.05, 0) is 13.3 Å². The maximum absolute atomic E-state index is 10.5. The van der Waals surface area contributed by atoms with Crippen LogP contribution in [0.4, 0.5) is 0 Å². The zero-order valence-electron chi connectivity index (χ0n) is 9.53. The van der Waals surface area contributed by atoms with Crippen molar-refractivity contribution >= 4 is 5.91 Å². The van der Waals surface area contributed by atoms with Gasteiger partial charge in [-0.15, -0.1) is 0 Å². The van der Waals surface area contributed by atoms with E-state index in [2.05, 4.69) is 5.32 Å². The smallest absolute Gasteiger partial charge is 0.219 e. The molecule has 0 atom stereocenters. The Labute approximate surface area is 77.7 Å². The van der Waals surface area contributed by atoms with Crippen LogP contribution in [-0.4, -0.2) is 12.5 Å². The largest absolute Gasteiger partial charge is 0.356 e. The Morgan fingerprint density at radius 1 is 1.08 bits per heavy atom. The third kappa shape index (κ3) is 22.7. The molecule has 0 saturated heterocycles. The van der Waals surface area contributed by atoms with E-state index >= 15 is 0 Å². The van der Waals surface area contributed by atoms with E-state index in [1.54, 1.807) is 0 Å². The summed E-state index contributed by atoms with van der Waals surface area (Å²) in [4.78, 5) is 10.5. The molecular weight excluding hydrogens is 150 g/mol. The quantitative estimate of drug-likeness (QED) is 0.702. The molecule has 0 rings (SSSR count). The van der Waals surface area contributed by atoms with Crippen LogP contribution in [0.5, 0.6) is 0 Å². The van der Waals surface area contributed by atoms with Crippen LogP contribution in [0.2, 0.25) is 0 Å². The lowest BCUT2D eigenvalue weighted by Crippen LogP contribution is -2.21. The Morgan fingerprint density at radius 2 is 1.50 bits per heavy atom. The maximum atomic E-state index is 10.5. The number of carbonyl (C=O) groups is 1. The third-order valence-corrected chi connectivity index (χ3v) is 0.851. The Morgan fingerprint density at radius 3 is 1.75 bits per heavy atom. The molecule has 76 valence electrons. The lowest BCUT2D eigenvalue weighted by atomic mass is 10.3. The highest BCUT2D eigenvalue weighted by atomic mass is 16.1. The molecule has 0 aliphatic rings. The zero-order valence-corrected chi connectivity index (χ0v) is 9.53. The van der Waals surface area contributed by atoms with E-state index in [-0.39, 0.29) is 5.91 Å². The SMILES string of the molecule is CC.CC.CCCC(=O)NCC. The molecule has 2 heteroatoms. The van der Waals surface area contributed by atoms with Gasteiger partial charge in [0.2, 0.25) is 5.91 Å². The number of hydrogen-bond donors (Lipinski definition) is 1. The molecule has 0 heterocycles. The first-order valence-electron chi connectivity index (χ1n) is 5.08. The summed E-state index contributed by atoms with van der Waals surface area (Å²) in [6, 6.07) is 0. The molecule has 0 spiro atoms. The molecule has 0 aromatic heterocycles. The molecule has 0 aliphatic carbocycles. The summed E-state index contributed by atoms with van der Waals surface area (Å²) in [6.07, 6.45) is 1.60. The average Bonchev–Trinajstić information content (AvgIpc) is 2.12. The summed E-state index contributed by atoms with van der Waals surface area (Å²) in [5, 5.41) is 2.71. The van der Waals surface area contributed by atoms with Gasteiger partial charge in [0, 0.05) is 13.0 Å². The molecule has 0 aliphatic heterocycles. The van der Waals surface area contributed by atoms with Crippen LogP contribution in [-0.2, 0) is 4.79 Å². The van der Waals surface area contributed by atoms with Crippen LogP contribution in [0.15, 0.2) is 0 Å². The molecule has 2 nitrogen and oxygen atoms in total. The standard InChI is InChI=1S/C6H13NO.2C2H6/c1-3-5-6(8)7-4-2;2*1-2/h3-5H2,1-2H3,(H,7,8);2*1-2H3. The highest BCUT2D eigenvalue weighted by Crippen LogP contribution is 1.83. The number of carbonyl (C=O) groups excluding carboxylic acids is 1. The Kier molecular flexibility index (Phi) is 32.8. The lowest BCUT2D eigenvalue weighted by molar-refractivity contribution is -0.121. The molecule has 1 amide bonds. The zero-order chi connectivity index (χ0) is 10.4. The fraction of sp³-hybridized carbons (Fsp3) is 0.900. The van der Waals surface area contributed by atoms with Gasteiger partial charge in [0.1, 0.15) is 0 Å². The maximum Gasteiger partial charge on any atom is 0.219 e. The number of nitrogens with one attached hydrogen (secondary N) is 1. The van der Waals surface area contributed by atoms with Gasteiger partial charge in [0.15, 0.2) is 0 Å². The van der Waals surface area contributed by atoms with E-state index in [1.165, 1.54) is 0 Å². The highest BCUT2D eigenvalue weighted by Gasteiger charge is 1.92. The fourth-order valence-electron chi connectivity index (χ4n) is 0.513. The summed E-state index contributed by atoms with van der Waals surface area (Å²) in [7, 11) is 0. The van der Waals surface area contributed by atoms with Crippen molar-refractivity contribution in [3.05, 3.63) is 0 Å². The highest BCUT2D eigenvalue weighted by molar-refractivity contribution is 5.75. The topological polar surface area (TPSA) is 29.1 Å². The first-order chi connectivity index (χ1) is 5.81. The van der Waals surface area contributed by atoms with Crippen molar-refractivity contribution in [2.24, 2.45) is 0 Å². The molecule has 0 saturated carbocycles. The van der Waals surface area contributed by atoms with Crippen molar-refractivity contribution in [2.75, 3.05) is 6.54 Å². The molecule has 1 N–H and O–H groups in total. The van der Waals surface area contributed by atoms with Crippen molar-refractivity contribution in [1.29, 1.82) is 0 Å². The van der Waals surface area contributed by atoms with Gasteiger partial charge < -0.3 is 5.32 Å². The summed E-state index contributed by atoms with van der Waals surface area (Å²) >= 11 is 0. The number of rotatable bonds is 3. The van der Waals surface area contributed by atoms with E-state index in [0.717, 1.165) is 13.0 Å². The second kappa shape index (κ2) is 22.4. The van der Waals surface area contributed by atoms with Crippen molar-refractivity contribution in [1.82, 2.24) is 5.32 Å². The molecule has 0 fully saturated rings. The second-order valence-electron chi connectivity index (χ2n) is 1.70. The van der Waals surface area contributed by atoms with Crippen LogP contribution >= 0.6 is 0 Å². The van der Waals surface area contributed by atoms with E-state index in [0.29, 0.717) is 6.42 Å². The van der Waals surface area contributed by atoms with Gasteiger partial charge in [-0.2, -0.15) is 0 Å². The first kappa shape index (κ1) is 17.5. The van der Waals surface area contributed by atoms with E-state index in [9.17, 15) is 4.79 Å². The van der Waals surface area contributed by atoms with Crippen LogP contribution in [0, 0.1) is 0 Å². The average molecular weight is 175 g/mol. The van der Waals surface area contributed by atoms with Crippen molar-refractivity contribution in [3.8, 4) is 0 Å². The van der Waals surface area contributed by atoms with Gasteiger partial charge in [-0.25, -0.2) is 0 Å². The van der Waals surface area contributed by atoms with E-state index in [4.69, 9.17) is 0 Å². The van der Waals surface area contributed by atoms with Crippen LogP contribution in [0.25, 0.3) is 0 Å². The van der Waals surface area contributed by atoms with Gasteiger partial charge in [0.25, 0.3) is 0 Å². The minimum atomic E-state index is 0.162. The van der Waals surface area contributed by atoms with Gasteiger partial charge in [-0.3, -0.25) is 4.79 Å². The molecule has 0 radical (unpaired) electrons. The Hall–Kier alpha value is -0.530. The Balaban J connectivity index is -0.000000175. The molecule has 0 bridgehead atoms. The second-order valence-corrected chi connectivity index (χ2v) is 1.70. The van der Waals surface area contributed by atoms with Gasteiger partial charge >= 0.3 is 0 Å². The van der Waals surface area contributed by atoms with Crippen molar-refractivity contribution < 1.29 is 4.79 Å². The molecule has 0 aromatic rings. The van der Waals surface area contributed by atoms with Crippen LogP contribution in [0.1, 0.15) is 54.4 Å². The minimum Gasteiger partial charge on any atom is -0.356 e. The molecule has 12 heavy (non-hydrogen) atoms. The predicted octanol–water partition coefficient (Wildman–Crippen LogP) is 2.98. The Bertz CT molecular complexity index is 64.2.